The summed E-state index contributed by atoms with van der Waals surface area (Å²) in [6, 6.07) is 2.97. The predicted octanol–water partition coefficient (Wildman–Crippen LogP) is 3.98. The number of phenols is 1. The van der Waals surface area contributed by atoms with Crippen LogP contribution < -0.4 is 5.32 Å². The van der Waals surface area contributed by atoms with Gasteiger partial charge < -0.3 is 15.5 Å². The molecule has 0 aliphatic rings. The molecular weight excluding hydrogens is 460 g/mol. The molecule has 1 amide bonds. The average molecular weight is 480 g/mol. The van der Waals surface area contributed by atoms with Gasteiger partial charge in [0.15, 0.2) is 29.0 Å². The van der Waals surface area contributed by atoms with Crippen molar-refractivity contribution >= 4 is 28.7 Å². The van der Waals surface area contributed by atoms with Crippen molar-refractivity contribution in [2.75, 3.05) is 0 Å². The number of nitrogens with one attached hydrogen (secondary N) is 1. The molecule has 0 aliphatic heterocycles. The summed E-state index contributed by atoms with van der Waals surface area (Å²) in [5.41, 5.74) is -2.58. The van der Waals surface area contributed by atoms with Gasteiger partial charge in [-0.1, -0.05) is 0 Å². The highest BCUT2D eigenvalue weighted by molar-refractivity contribution is 6.06. The number of carbonyl (C=O) groups excluding carboxylic acids is 2. The van der Waals surface area contributed by atoms with Crippen LogP contribution in [0.3, 0.4) is 0 Å². The van der Waals surface area contributed by atoms with Gasteiger partial charge in [-0.05, 0) is 51.5 Å². The summed E-state index contributed by atoms with van der Waals surface area (Å²) in [6.07, 6.45) is 0. The number of carboxylic acid groups (broad SMARTS) is 1. The van der Waals surface area contributed by atoms with Crippen LogP contribution in [0, 0.1) is 30.2 Å². The lowest BCUT2D eigenvalue weighted by Gasteiger charge is -2.23. The molecule has 180 valence electrons. The Morgan fingerprint density at radius 3 is 2.21 bits per heavy atom. The van der Waals surface area contributed by atoms with Crippen molar-refractivity contribution in [3.63, 3.8) is 0 Å². The number of benzene rings is 2. The number of rotatable bonds is 5. The van der Waals surface area contributed by atoms with E-state index in [-0.39, 0.29) is 22.3 Å². The SMILES string of the molecule is Cc1c([C@@H](C)C(=O)NC(C)(C)C(=O)O)c2c(F)c(O)c(F)cc2n1C(=O)c1ccc(F)c(F)c1. The summed E-state index contributed by atoms with van der Waals surface area (Å²) in [5.74, 6) is -11.1. The van der Waals surface area contributed by atoms with Crippen molar-refractivity contribution < 1.29 is 42.2 Å². The van der Waals surface area contributed by atoms with E-state index in [1.807, 2.05) is 0 Å². The normalized spacial score (nSPS) is 12.6. The minimum atomic E-state index is -1.69. The van der Waals surface area contributed by atoms with Gasteiger partial charge in [-0.2, -0.15) is 0 Å². The molecule has 3 rings (SSSR count). The lowest BCUT2D eigenvalue weighted by molar-refractivity contribution is -0.146. The second-order valence-electron chi connectivity index (χ2n) is 8.32. The minimum Gasteiger partial charge on any atom is -0.503 e. The van der Waals surface area contributed by atoms with Crippen molar-refractivity contribution in [1.82, 2.24) is 9.88 Å². The van der Waals surface area contributed by atoms with Gasteiger partial charge >= 0.3 is 5.97 Å². The molecule has 0 bridgehead atoms. The molecule has 2 aromatic carbocycles. The van der Waals surface area contributed by atoms with Crippen LogP contribution in [0.25, 0.3) is 10.9 Å². The summed E-state index contributed by atoms with van der Waals surface area (Å²) in [4.78, 5) is 37.4. The Kier molecular flexibility index (Phi) is 6.17. The molecule has 3 N–H and O–H groups in total. The lowest BCUT2D eigenvalue weighted by atomic mass is 9.95. The lowest BCUT2D eigenvalue weighted by Crippen LogP contribution is -2.50. The quantitative estimate of drug-likeness (QED) is 0.479. The number of fused-ring (bicyclic) bond motifs is 1. The van der Waals surface area contributed by atoms with Crippen molar-refractivity contribution in [3.05, 3.63) is 64.4 Å². The number of hydrogen-bond donors (Lipinski definition) is 3. The Morgan fingerprint density at radius 2 is 1.65 bits per heavy atom. The zero-order valence-electron chi connectivity index (χ0n) is 18.5. The molecule has 34 heavy (non-hydrogen) atoms. The topological polar surface area (TPSA) is 109 Å². The van der Waals surface area contributed by atoms with Gasteiger partial charge in [0.2, 0.25) is 5.91 Å². The number of phenolic OH excluding ortho intramolecular Hbond substituents is 1. The standard InChI is InChI=1S/C23H20F4N2O5/c1-9(20(31)28-23(3,4)22(33)34)16-10(2)29(15-8-14(26)19(30)18(27)17(15)16)21(32)11-5-6-12(24)13(25)7-11/h5-9,30H,1-4H3,(H,28,31)(H,33,34)/t9-/m1/s1. The van der Waals surface area contributed by atoms with E-state index in [9.17, 15) is 37.8 Å². The Bertz CT molecular complexity index is 1360. The van der Waals surface area contributed by atoms with Crippen molar-refractivity contribution in [2.24, 2.45) is 0 Å². The maximum Gasteiger partial charge on any atom is 0.328 e. The number of amides is 1. The van der Waals surface area contributed by atoms with Crippen LogP contribution in [0.2, 0.25) is 0 Å². The van der Waals surface area contributed by atoms with Crippen LogP contribution in [-0.2, 0) is 9.59 Å². The van der Waals surface area contributed by atoms with Crippen LogP contribution in [0.4, 0.5) is 17.6 Å². The first-order chi connectivity index (χ1) is 15.7. The van der Waals surface area contributed by atoms with E-state index >= 15 is 4.39 Å². The number of aromatic nitrogens is 1. The number of aliphatic carboxylic acids is 1. The number of hydrogen-bond acceptors (Lipinski definition) is 4. The third-order valence-electron chi connectivity index (χ3n) is 5.57. The second kappa shape index (κ2) is 8.47. The summed E-state index contributed by atoms with van der Waals surface area (Å²) < 4.78 is 57.1. The van der Waals surface area contributed by atoms with E-state index in [0.29, 0.717) is 18.2 Å². The van der Waals surface area contributed by atoms with Crippen LogP contribution in [0.1, 0.15) is 48.3 Å². The first-order valence-corrected chi connectivity index (χ1v) is 9.96. The van der Waals surface area contributed by atoms with E-state index < -0.39 is 63.6 Å². The molecule has 0 spiro atoms. The fourth-order valence-electron chi connectivity index (χ4n) is 3.66. The van der Waals surface area contributed by atoms with Gasteiger partial charge in [-0.3, -0.25) is 14.2 Å². The number of aromatic hydroxyl groups is 1. The largest absolute Gasteiger partial charge is 0.503 e. The molecular formula is C23H20F4N2O5. The highest BCUT2D eigenvalue weighted by Gasteiger charge is 2.35. The molecule has 3 aromatic rings. The van der Waals surface area contributed by atoms with E-state index in [0.717, 1.165) is 10.6 Å². The van der Waals surface area contributed by atoms with Gasteiger partial charge in [0.25, 0.3) is 5.91 Å². The van der Waals surface area contributed by atoms with Crippen molar-refractivity contribution in [3.8, 4) is 5.75 Å². The monoisotopic (exact) mass is 480 g/mol. The molecule has 0 unspecified atom stereocenters. The minimum absolute atomic E-state index is 0.0515. The maximum absolute atomic E-state index is 15.0. The number of carbonyl (C=O) groups is 3. The Labute approximate surface area is 190 Å². The Balaban J connectivity index is 2.27. The zero-order valence-corrected chi connectivity index (χ0v) is 18.5. The van der Waals surface area contributed by atoms with E-state index in [4.69, 9.17) is 0 Å². The molecule has 0 radical (unpaired) electrons. The van der Waals surface area contributed by atoms with E-state index in [1.165, 1.54) is 27.7 Å². The molecule has 0 saturated heterocycles. The number of nitrogens with zero attached hydrogens (tertiary/aromatic N) is 1. The smallest absolute Gasteiger partial charge is 0.328 e. The molecule has 0 fully saturated rings. The predicted molar refractivity (Wildman–Crippen MR) is 113 cm³/mol. The third-order valence-corrected chi connectivity index (χ3v) is 5.57. The van der Waals surface area contributed by atoms with Crippen molar-refractivity contribution in [1.29, 1.82) is 0 Å². The van der Waals surface area contributed by atoms with Gasteiger partial charge in [-0.25, -0.2) is 22.4 Å². The van der Waals surface area contributed by atoms with Gasteiger partial charge in [0.05, 0.1) is 11.4 Å². The maximum atomic E-state index is 15.0. The molecule has 1 atom stereocenters. The number of carboxylic acids is 1. The molecule has 7 nitrogen and oxygen atoms in total. The zero-order chi connectivity index (χ0) is 25.7. The first-order valence-electron chi connectivity index (χ1n) is 9.96. The number of halogens is 4. The summed E-state index contributed by atoms with van der Waals surface area (Å²) in [6.45, 7) is 5.07. The van der Waals surface area contributed by atoms with Crippen LogP contribution in [0.15, 0.2) is 24.3 Å². The van der Waals surface area contributed by atoms with Crippen LogP contribution >= 0.6 is 0 Å². The fraction of sp³-hybridized carbons (Fsp3) is 0.261. The van der Waals surface area contributed by atoms with Crippen LogP contribution in [0.5, 0.6) is 5.75 Å². The molecule has 1 aromatic heterocycles. The highest BCUT2D eigenvalue weighted by Crippen LogP contribution is 2.38. The van der Waals surface area contributed by atoms with Crippen molar-refractivity contribution in [2.45, 2.75) is 39.2 Å². The first kappa shape index (κ1) is 24.7. The molecule has 1 heterocycles. The summed E-state index contributed by atoms with van der Waals surface area (Å²) >= 11 is 0. The molecule has 0 aliphatic carbocycles. The van der Waals surface area contributed by atoms with Crippen LogP contribution in [-0.4, -0.2) is 38.1 Å². The second-order valence-corrected chi connectivity index (χ2v) is 8.32. The van der Waals surface area contributed by atoms with E-state index in [1.54, 1.807) is 0 Å². The fourth-order valence-corrected chi connectivity index (χ4v) is 3.66. The van der Waals surface area contributed by atoms with Gasteiger partial charge in [0.1, 0.15) is 5.54 Å². The molecule has 11 heteroatoms. The Hall–Kier alpha value is -3.89. The Morgan fingerprint density at radius 1 is 1.03 bits per heavy atom. The van der Waals surface area contributed by atoms with Gasteiger partial charge in [0, 0.05) is 22.7 Å². The van der Waals surface area contributed by atoms with Gasteiger partial charge in [-0.15, -0.1) is 0 Å². The van der Waals surface area contributed by atoms with E-state index in [2.05, 4.69) is 5.32 Å². The highest BCUT2D eigenvalue weighted by atomic mass is 19.2. The average Bonchev–Trinajstić information content (AvgIpc) is 3.04. The molecule has 0 saturated carbocycles. The summed E-state index contributed by atoms with van der Waals surface area (Å²) in [5, 5.41) is 20.9. The summed E-state index contributed by atoms with van der Waals surface area (Å²) in [7, 11) is 0. The third kappa shape index (κ3) is 3.97.